The first-order valence-electron chi connectivity index (χ1n) is 6.41. The van der Waals surface area contributed by atoms with Crippen molar-refractivity contribution < 1.29 is 17.9 Å². The standard InChI is InChI=1S/C13H18F3N3O/c1-3-5-6-8-20-11-9-10(13(14,15)16)18-12(19-11)17-7-4-2/h3,9H,1,4-8H2,2H3,(H,17,18,19). The number of ether oxygens (including phenoxy) is 1. The molecule has 0 aromatic carbocycles. The molecular weight excluding hydrogens is 271 g/mol. The predicted molar refractivity (Wildman–Crippen MR) is 70.7 cm³/mol. The van der Waals surface area contributed by atoms with Gasteiger partial charge in [0.25, 0.3) is 0 Å². The number of unbranched alkanes of at least 4 members (excludes halogenated alkanes) is 1. The Labute approximate surface area is 116 Å². The first-order valence-corrected chi connectivity index (χ1v) is 6.41. The summed E-state index contributed by atoms with van der Waals surface area (Å²) in [6.07, 6.45) is -0.636. The molecule has 0 fully saturated rings. The Hall–Kier alpha value is -1.79. The summed E-state index contributed by atoms with van der Waals surface area (Å²) in [7, 11) is 0. The minimum absolute atomic E-state index is 0.0691. The summed E-state index contributed by atoms with van der Waals surface area (Å²) in [4.78, 5) is 7.35. The summed E-state index contributed by atoms with van der Waals surface area (Å²) in [6, 6.07) is 0.811. The second-order valence-electron chi connectivity index (χ2n) is 4.12. The molecule has 112 valence electrons. The lowest BCUT2D eigenvalue weighted by atomic mass is 10.3. The van der Waals surface area contributed by atoms with E-state index in [1.165, 1.54) is 0 Å². The normalized spacial score (nSPS) is 11.2. The fourth-order valence-corrected chi connectivity index (χ4v) is 1.36. The van der Waals surface area contributed by atoms with Crippen LogP contribution in [0.4, 0.5) is 19.1 Å². The van der Waals surface area contributed by atoms with Gasteiger partial charge in [0.15, 0.2) is 5.69 Å². The van der Waals surface area contributed by atoms with E-state index in [9.17, 15) is 13.2 Å². The molecule has 1 aromatic heterocycles. The lowest BCUT2D eigenvalue weighted by Crippen LogP contribution is -2.13. The Morgan fingerprint density at radius 1 is 1.40 bits per heavy atom. The molecule has 0 aliphatic heterocycles. The summed E-state index contributed by atoms with van der Waals surface area (Å²) in [5.74, 6) is -0.143. The van der Waals surface area contributed by atoms with Crippen molar-refractivity contribution in [2.45, 2.75) is 32.4 Å². The Morgan fingerprint density at radius 2 is 2.15 bits per heavy atom. The van der Waals surface area contributed by atoms with E-state index >= 15 is 0 Å². The topological polar surface area (TPSA) is 47.0 Å². The SMILES string of the molecule is C=CCCCOc1cc(C(F)(F)F)nc(NCCC)n1. The van der Waals surface area contributed by atoms with E-state index < -0.39 is 11.9 Å². The van der Waals surface area contributed by atoms with Crippen LogP contribution in [0, 0.1) is 0 Å². The first kappa shape index (κ1) is 16.3. The van der Waals surface area contributed by atoms with Crippen LogP contribution in [0.25, 0.3) is 0 Å². The molecule has 4 nitrogen and oxygen atoms in total. The van der Waals surface area contributed by atoms with E-state index in [1.807, 2.05) is 6.92 Å². The van der Waals surface area contributed by atoms with Crippen LogP contribution in [-0.2, 0) is 6.18 Å². The molecule has 1 heterocycles. The third-order valence-corrected chi connectivity index (χ3v) is 2.33. The van der Waals surface area contributed by atoms with Crippen molar-refractivity contribution in [2.24, 2.45) is 0 Å². The van der Waals surface area contributed by atoms with Crippen molar-refractivity contribution in [2.75, 3.05) is 18.5 Å². The maximum atomic E-state index is 12.7. The van der Waals surface area contributed by atoms with Gasteiger partial charge in [0.05, 0.1) is 6.61 Å². The largest absolute Gasteiger partial charge is 0.478 e. The van der Waals surface area contributed by atoms with Crippen molar-refractivity contribution in [3.8, 4) is 5.88 Å². The highest BCUT2D eigenvalue weighted by Crippen LogP contribution is 2.30. The van der Waals surface area contributed by atoms with Crippen LogP contribution in [0.5, 0.6) is 5.88 Å². The molecule has 1 rings (SSSR count). The molecule has 0 spiro atoms. The number of nitrogens with zero attached hydrogens (tertiary/aromatic N) is 2. The van der Waals surface area contributed by atoms with Crippen LogP contribution >= 0.6 is 0 Å². The minimum Gasteiger partial charge on any atom is -0.478 e. The van der Waals surface area contributed by atoms with Crippen molar-refractivity contribution >= 4 is 5.95 Å². The van der Waals surface area contributed by atoms with Crippen LogP contribution in [-0.4, -0.2) is 23.1 Å². The van der Waals surface area contributed by atoms with Gasteiger partial charge in [-0.2, -0.15) is 18.2 Å². The van der Waals surface area contributed by atoms with Gasteiger partial charge in [-0.05, 0) is 19.3 Å². The zero-order valence-electron chi connectivity index (χ0n) is 11.3. The number of rotatable bonds is 8. The molecule has 0 amide bonds. The lowest BCUT2D eigenvalue weighted by molar-refractivity contribution is -0.141. The molecule has 0 saturated carbocycles. The van der Waals surface area contributed by atoms with E-state index in [1.54, 1.807) is 6.08 Å². The lowest BCUT2D eigenvalue weighted by Gasteiger charge is -2.11. The minimum atomic E-state index is -4.52. The van der Waals surface area contributed by atoms with Gasteiger partial charge in [-0.1, -0.05) is 13.0 Å². The highest BCUT2D eigenvalue weighted by atomic mass is 19.4. The van der Waals surface area contributed by atoms with Gasteiger partial charge in [0.1, 0.15) is 0 Å². The number of hydrogen-bond acceptors (Lipinski definition) is 4. The molecule has 7 heteroatoms. The highest BCUT2D eigenvalue weighted by molar-refractivity contribution is 5.31. The number of halogens is 3. The Balaban J connectivity index is 2.83. The van der Waals surface area contributed by atoms with Gasteiger partial charge in [-0.15, -0.1) is 6.58 Å². The molecule has 20 heavy (non-hydrogen) atoms. The molecule has 0 atom stereocenters. The Bertz CT molecular complexity index is 435. The predicted octanol–water partition coefficient (Wildman–Crippen LogP) is 3.66. The fraction of sp³-hybridized carbons (Fsp3) is 0.538. The van der Waals surface area contributed by atoms with Gasteiger partial charge < -0.3 is 10.1 Å². The summed E-state index contributed by atoms with van der Waals surface area (Å²) >= 11 is 0. The summed E-state index contributed by atoms with van der Waals surface area (Å²) < 4.78 is 43.4. The smallest absolute Gasteiger partial charge is 0.433 e. The first-order chi connectivity index (χ1) is 9.47. The third kappa shape index (κ3) is 5.46. The van der Waals surface area contributed by atoms with Crippen molar-refractivity contribution in [1.82, 2.24) is 9.97 Å². The van der Waals surface area contributed by atoms with E-state index in [2.05, 4.69) is 21.9 Å². The molecule has 1 aromatic rings. The Morgan fingerprint density at radius 3 is 2.75 bits per heavy atom. The van der Waals surface area contributed by atoms with Crippen LogP contribution in [0.3, 0.4) is 0 Å². The van der Waals surface area contributed by atoms with Crippen molar-refractivity contribution in [1.29, 1.82) is 0 Å². The van der Waals surface area contributed by atoms with Crippen molar-refractivity contribution in [3.05, 3.63) is 24.4 Å². The summed E-state index contributed by atoms with van der Waals surface area (Å²) in [6.45, 7) is 6.24. The van der Waals surface area contributed by atoms with Crippen LogP contribution in [0.1, 0.15) is 31.9 Å². The molecule has 0 unspecified atom stereocenters. The van der Waals surface area contributed by atoms with Crippen LogP contribution in [0.15, 0.2) is 18.7 Å². The maximum absolute atomic E-state index is 12.7. The molecular formula is C13H18F3N3O. The van der Waals surface area contributed by atoms with E-state index in [4.69, 9.17) is 4.74 Å². The summed E-state index contributed by atoms with van der Waals surface area (Å²) in [5, 5.41) is 2.73. The van der Waals surface area contributed by atoms with Gasteiger partial charge in [0, 0.05) is 12.6 Å². The number of alkyl halides is 3. The molecule has 0 aliphatic rings. The van der Waals surface area contributed by atoms with Gasteiger partial charge in [-0.3, -0.25) is 0 Å². The third-order valence-electron chi connectivity index (χ3n) is 2.33. The van der Waals surface area contributed by atoms with E-state index in [0.29, 0.717) is 13.0 Å². The second kappa shape index (κ2) is 7.72. The average Bonchev–Trinajstić information content (AvgIpc) is 2.40. The molecule has 0 aliphatic carbocycles. The number of anilines is 1. The summed E-state index contributed by atoms with van der Waals surface area (Å²) in [5.41, 5.74) is -1.01. The van der Waals surface area contributed by atoms with Gasteiger partial charge in [0.2, 0.25) is 11.8 Å². The number of nitrogens with one attached hydrogen (secondary N) is 1. The van der Waals surface area contributed by atoms with Gasteiger partial charge in [-0.25, -0.2) is 4.98 Å². The number of hydrogen-bond donors (Lipinski definition) is 1. The highest BCUT2D eigenvalue weighted by Gasteiger charge is 2.34. The number of aromatic nitrogens is 2. The zero-order valence-corrected chi connectivity index (χ0v) is 11.3. The second-order valence-corrected chi connectivity index (χ2v) is 4.12. The van der Waals surface area contributed by atoms with Gasteiger partial charge >= 0.3 is 6.18 Å². The average molecular weight is 289 g/mol. The molecule has 1 N–H and O–H groups in total. The number of allylic oxidation sites excluding steroid dienone is 1. The van der Waals surface area contributed by atoms with Crippen LogP contribution < -0.4 is 10.1 Å². The molecule has 0 bridgehead atoms. The quantitative estimate of drug-likeness (QED) is 0.586. The fourth-order valence-electron chi connectivity index (χ4n) is 1.36. The van der Waals surface area contributed by atoms with Crippen molar-refractivity contribution in [3.63, 3.8) is 0 Å². The molecule has 0 saturated heterocycles. The Kier molecular flexibility index (Phi) is 6.27. The van der Waals surface area contributed by atoms with Crippen LogP contribution in [0.2, 0.25) is 0 Å². The zero-order chi connectivity index (χ0) is 15.0. The van der Waals surface area contributed by atoms with E-state index in [0.717, 1.165) is 18.9 Å². The van der Waals surface area contributed by atoms with E-state index in [-0.39, 0.29) is 18.4 Å². The molecule has 0 radical (unpaired) electrons. The maximum Gasteiger partial charge on any atom is 0.433 e. The monoisotopic (exact) mass is 289 g/mol.